The van der Waals surface area contributed by atoms with E-state index in [0.717, 1.165) is 18.4 Å². The van der Waals surface area contributed by atoms with Gasteiger partial charge in [0.2, 0.25) is 0 Å². The molecule has 0 N–H and O–H groups in total. The zero-order chi connectivity index (χ0) is 24.5. The Bertz CT molecular complexity index is 1190. The van der Waals surface area contributed by atoms with E-state index in [1.165, 1.54) is 19.2 Å². The summed E-state index contributed by atoms with van der Waals surface area (Å²) in [5.41, 5.74) is 2.06. The van der Waals surface area contributed by atoms with Gasteiger partial charge in [-0.25, -0.2) is 9.59 Å². The molecule has 3 aromatic carbocycles. The van der Waals surface area contributed by atoms with Crippen molar-refractivity contribution in [2.75, 3.05) is 13.7 Å². The first-order chi connectivity index (χ1) is 16.4. The van der Waals surface area contributed by atoms with E-state index in [9.17, 15) is 9.59 Å². The monoisotopic (exact) mass is 499 g/mol. The number of nitrogens with zero attached hydrogens (tertiary/aromatic N) is 1. The van der Waals surface area contributed by atoms with Crippen molar-refractivity contribution >= 4 is 47.0 Å². The lowest BCUT2D eigenvalue weighted by Crippen LogP contribution is -2.10. The first kappa shape index (κ1) is 25.3. The summed E-state index contributed by atoms with van der Waals surface area (Å²) in [6.07, 6.45) is 3.44. The van der Waals surface area contributed by atoms with Crippen LogP contribution in [0.4, 0.5) is 5.69 Å². The third-order valence-electron chi connectivity index (χ3n) is 4.74. The lowest BCUT2D eigenvalue weighted by Gasteiger charge is -2.10. The molecule has 0 heterocycles. The van der Waals surface area contributed by atoms with Crippen LogP contribution in [-0.4, -0.2) is 31.9 Å². The van der Waals surface area contributed by atoms with Gasteiger partial charge in [-0.1, -0.05) is 36.5 Å². The summed E-state index contributed by atoms with van der Waals surface area (Å²) in [7, 11) is 1.47. The van der Waals surface area contributed by atoms with E-state index < -0.39 is 5.97 Å². The van der Waals surface area contributed by atoms with E-state index in [1.807, 2.05) is 6.92 Å². The Balaban J connectivity index is 1.68. The maximum Gasteiger partial charge on any atom is 0.345 e. The second-order valence-corrected chi connectivity index (χ2v) is 8.06. The molecule has 6 nitrogen and oxygen atoms in total. The predicted octanol–water partition coefficient (Wildman–Crippen LogP) is 6.93. The van der Waals surface area contributed by atoms with Crippen molar-refractivity contribution in [1.82, 2.24) is 0 Å². The summed E-state index contributed by atoms with van der Waals surface area (Å²) in [4.78, 5) is 28.9. The zero-order valence-electron chi connectivity index (χ0n) is 18.7. The number of unbranched alkanes of at least 4 members (excludes halogenated alkanes) is 1. The fourth-order valence-electron chi connectivity index (χ4n) is 2.88. The molecule has 176 valence electrons. The standard InChI is InChI=1S/C26H23Cl2NO5/c1-3-4-13-33-25(30)18-6-9-20(10-7-18)29-16-17-5-12-23(24(14-17)32-2)34-26(31)21-11-8-19(27)15-22(21)28/h5-12,14-16H,3-4,13H2,1-2H3. The molecule has 0 saturated heterocycles. The average Bonchev–Trinajstić information content (AvgIpc) is 2.83. The lowest BCUT2D eigenvalue weighted by atomic mass is 10.2. The lowest BCUT2D eigenvalue weighted by molar-refractivity contribution is 0.0499. The van der Waals surface area contributed by atoms with Crippen LogP contribution in [-0.2, 0) is 4.74 Å². The summed E-state index contributed by atoms with van der Waals surface area (Å²) < 4.78 is 16.0. The Morgan fingerprint density at radius 2 is 1.71 bits per heavy atom. The summed E-state index contributed by atoms with van der Waals surface area (Å²) in [5.74, 6) is -0.386. The molecule has 0 aliphatic rings. The molecule has 0 aliphatic carbocycles. The van der Waals surface area contributed by atoms with Crippen LogP contribution in [0.2, 0.25) is 10.0 Å². The second kappa shape index (κ2) is 12.2. The molecule has 3 rings (SSSR count). The van der Waals surface area contributed by atoms with Crippen LogP contribution in [0.5, 0.6) is 11.5 Å². The molecule has 0 bridgehead atoms. The molecule has 0 aromatic heterocycles. The molecule has 0 amide bonds. The van der Waals surface area contributed by atoms with Crippen molar-refractivity contribution in [3.63, 3.8) is 0 Å². The van der Waals surface area contributed by atoms with Gasteiger partial charge in [-0.2, -0.15) is 0 Å². The van der Waals surface area contributed by atoms with Crippen LogP contribution in [0.15, 0.2) is 65.7 Å². The van der Waals surface area contributed by atoms with Crippen molar-refractivity contribution in [3.8, 4) is 11.5 Å². The number of esters is 2. The maximum absolute atomic E-state index is 12.5. The highest BCUT2D eigenvalue weighted by molar-refractivity contribution is 6.36. The number of methoxy groups -OCH3 is 1. The molecule has 0 radical (unpaired) electrons. The highest BCUT2D eigenvalue weighted by atomic mass is 35.5. The van der Waals surface area contributed by atoms with Crippen LogP contribution in [0.1, 0.15) is 46.0 Å². The molecule has 0 fully saturated rings. The number of rotatable bonds is 9. The normalized spacial score (nSPS) is 10.8. The number of carbonyl (C=O) groups excluding carboxylic acids is 2. The number of aliphatic imine (C=N–C) groups is 1. The number of hydrogen-bond acceptors (Lipinski definition) is 6. The van der Waals surface area contributed by atoms with Gasteiger partial charge in [0.25, 0.3) is 0 Å². The SMILES string of the molecule is CCCCOC(=O)c1ccc(N=Cc2ccc(OC(=O)c3ccc(Cl)cc3Cl)c(OC)c2)cc1. The summed E-state index contributed by atoms with van der Waals surface area (Å²) >= 11 is 12.0. The second-order valence-electron chi connectivity index (χ2n) is 7.22. The van der Waals surface area contributed by atoms with E-state index in [2.05, 4.69) is 4.99 Å². The fourth-order valence-corrected chi connectivity index (χ4v) is 3.37. The summed E-state index contributed by atoms with van der Waals surface area (Å²) in [6.45, 7) is 2.45. The topological polar surface area (TPSA) is 74.2 Å². The minimum atomic E-state index is -0.630. The van der Waals surface area contributed by atoms with Gasteiger partial charge in [-0.3, -0.25) is 4.99 Å². The Kier molecular flexibility index (Phi) is 9.08. The molecule has 8 heteroatoms. The van der Waals surface area contributed by atoms with Gasteiger partial charge in [0.1, 0.15) is 0 Å². The molecule has 0 saturated carbocycles. The zero-order valence-corrected chi connectivity index (χ0v) is 20.2. The summed E-state index contributed by atoms with van der Waals surface area (Å²) in [6, 6.07) is 16.4. The maximum atomic E-state index is 12.5. The fraction of sp³-hybridized carbons (Fsp3) is 0.192. The number of carbonyl (C=O) groups is 2. The van der Waals surface area contributed by atoms with Crippen molar-refractivity contribution < 1.29 is 23.8 Å². The first-order valence-corrected chi connectivity index (χ1v) is 11.3. The third-order valence-corrected chi connectivity index (χ3v) is 5.29. The molecule has 0 spiro atoms. The molecule has 0 aliphatic heterocycles. The number of hydrogen-bond donors (Lipinski definition) is 0. The average molecular weight is 500 g/mol. The highest BCUT2D eigenvalue weighted by Crippen LogP contribution is 2.30. The Morgan fingerprint density at radius 3 is 2.38 bits per heavy atom. The molecule has 0 atom stereocenters. The number of halogens is 2. The van der Waals surface area contributed by atoms with Gasteiger partial charge in [-0.05, 0) is 72.6 Å². The smallest absolute Gasteiger partial charge is 0.345 e. The van der Waals surface area contributed by atoms with Crippen molar-refractivity contribution in [1.29, 1.82) is 0 Å². The van der Waals surface area contributed by atoms with Crippen LogP contribution >= 0.6 is 23.2 Å². The van der Waals surface area contributed by atoms with E-state index >= 15 is 0 Å². The molecule has 0 unspecified atom stereocenters. The van der Waals surface area contributed by atoms with Gasteiger partial charge in [-0.15, -0.1) is 0 Å². The largest absolute Gasteiger partial charge is 0.493 e. The van der Waals surface area contributed by atoms with E-state index in [4.69, 9.17) is 37.4 Å². The minimum Gasteiger partial charge on any atom is -0.493 e. The molecule has 34 heavy (non-hydrogen) atoms. The minimum absolute atomic E-state index is 0.191. The molecular formula is C26H23Cl2NO5. The van der Waals surface area contributed by atoms with Crippen molar-refractivity contribution in [2.24, 2.45) is 4.99 Å². The van der Waals surface area contributed by atoms with Crippen molar-refractivity contribution in [2.45, 2.75) is 19.8 Å². The van der Waals surface area contributed by atoms with Gasteiger partial charge in [0.05, 0.1) is 35.6 Å². The van der Waals surface area contributed by atoms with Gasteiger partial charge in [0, 0.05) is 11.2 Å². The van der Waals surface area contributed by atoms with E-state index in [-0.39, 0.29) is 22.3 Å². The predicted molar refractivity (Wildman–Crippen MR) is 133 cm³/mol. The Hall–Kier alpha value is -3.35. The van der Waals surface area contributed by atoms with Gasteiger partial charge < -0.3 is 14.2 Å². The van der Waals surface area contributed by atoms with Crippen LogP contribution in [0, 0.1) is 0 Å². The van der Waals surface area contributed by atoms with Gasteiger partial charge >= 0.3 is 11.9 Å². The quantitative estimate of drug-likeness (QED) is 0.138. The summed E-state index contributed by atoms with van der Waals surface area (Å²) in [5, 5.41) is 0.616. The number of ether oxygens (including phenoxy) is 3. The van der Waals surface area contributed by atoms with Crippen LogP contribution < -0.4 is 9.47 Å². The van der Waals surface area contributed by atoms with Gasteiger partial charge in [0.15, 0.2) is 11.5 Å². The molecular weight excluding hydrogens is 477 g/mol. The third kappa shape index (κ3) is 6.83. The molecule has 3 aromatic rings. The Morgan fingerprint density at radius 1 is 0.941 bits per heavy atom. The van der Waals surface area contributed by atoms with Crippen molar-refractivity contribution in [3.05, 3.63) is 87.4 Å². The highest BCUT2D eigenvalue weighted by Gasteiger charge is 2.16. The van der Waals surface area contributed by atoms with E-state index in [0.29, 0.717) is 28.6 Å². The van der Waals surface area contributed by atoms with Crippen LogP contribution in [0.3, 0.4) is 0 Å². The number of benzene rings is 3. The Labute approximate surface area is 208 Å². The van der Waals surface area contributed by atoms with Crippen LogP contribution in [0.25, 0.3) is 0 Å². The first-order valence-electron chi connectivity index (χ1n) is 10.6. The van der Waals surface area contributed by atoms with E-state index in [1.54, 1.807) is 54.7 Å².